The number of nitrogens with two attached hydrogens (primary N) is 1. The minimum atomic E-state index is -0.325. The Bertz CT molecular complexity index is 660. The summed E-state index contributed by atoms with van der Waals surface area (Å²) < 4.78 is 6.28. The van der Waals surface area contributed by atoms with Crippen LogP contribution in [0.4, 0.5) is 0 Å². The number of carbonyl (C=O) groups is 1. The second kappa shape index (κ2) is 7.01. The van der Waals surface area contributed by atoms with Gasteiger partial charge in [-0.05, 0) is 55.1 Å². The molecule has 1 aromatic rings. The van der Waals surface area contributed by atoms with Gasteiger partial charge in [-0.15, -0.1) is 11.3 Å². The number of rotatable bonds is 4. The van der Waals surface area contributed by atoms with Gasteiger partial charge in [0.25, 0.3) is 5.91 Å². The van der Waals surface area contributed by atoms with Crippen LogP contribution in [0, 0.1) is 17.8 Å². The Kier molecular flexibility index (Phi) is 5.16. The van der Waals surface area contributed by atoms with Crippen molar-refractivity contribution >= 4 is 39.8 Å². The summed E-state index contributed by atoms with van der Waals surface area (Å²) in [5, 5.41) is 0. The highest BCUT2D eigenvalue weighted by molar-refractivity contribution is 14.1. The Morgan fingerprint density at radius 1 is 1.23 bits per heavy atom. The normalized spacial score (nSPS) is 40.7. The molecule has 5 aliphatic rings. The maximum Gasteiger partial charge on any atom is 0.258 e. The van der Waals surface area contributed by atoms with Crippen molar-refractivity contribution in [3.8, 4) is 0 Å². The Labute approximate surface area is 174 Å². The summed E-state index contributed by atoms with van der Waals surface area (Å²) in [5.74, 6) is 1.76. The first-order chi connectivity index (χ1) is 12.6. The van der Waals surface area contributed by atoms with Crippen LogP contribution in [-0.4, -0.2) is 41.5 Å². The van der Waals surface area contributed by atoms with Gasteiger partial charge in [0.15, 0.2) is 0 Å². The van der Waals surface area contributed by atoms with E-state index in [1.54, 1.807) is 11.3 Å². The molecule has 0 spiro atoms. The topological polar surface area (TPSA) is 55.6 Å². The van der Waals surface area contributed by atoms with E-state index in [9.17, 15) is 4.79 Å². The van der Waals surface area contributed by atoms with Gasteiger partial charge in [-0.25, -0.2) is 0 Å². The lowest BCUT2D eigenvalue weighted by Gasteiger charge is -2.70. The van der Waals surface area contributed by atoms with Crippen LogP contribution in [0.25, 0.3) is 0 Å². The van der Waals surface area contributed by atoms with Crippen molar-refractivity contribution in [2.75, 3.05) is 25.1 Å². The van der Waals surface area contributed by atoms with Crippen LogP contribution >= 0.6 is 33.9 Å². The molecule has 2 atom stereocenters. The molecule has 4 aliphatic carbocycles. The van der Waals surface area contributed by atoms with Gasteiger partial charge in [-0.3, -0.25) is 9.69 Å². The number of carbonyl (C=O) groups excluding carboxylic acids is 1. The van der Waals surface area contributed by atoms with E-state index >= 15 is 0 Å². The molecule has 2 unspecified atom stereocenters. The van der Waals surface area contributed by atoms with E-state index in [0.29, 0.717) is 22.3 Å². The highest BCUT2D eigenvalue weighted by atomic mass is 127. The van der Waals surface area contributed by atoms with Gasteiger partial charge >= 0.3 is 0 Å². The van der Waals surface area contributed by atoms with Crippen molar-refractivity contribution in [1.82, 2.24) is 4.90 Å². The minimum absolute atomic E-state index is 0.212. The van der Waals surface area contributed by atoms with Crippen LogP contribution in [-0.2, 0) is 10.3 Å². The van der Waals surface area contributed by atoms with Crippen LogP contribution in [0.2, 0.25) is 0 Å². The molecule has 26 heavy (non-hydrogen) atoms. The third kappa shape index (κ3) is 2.62. The Balaban J connectivity index is 0.000000814. The molecule has 0 aromatic carbocycles. The van der Waals surface area contributed by atoms with Crippen molar-refractivity contribution in [1.29, 1.82) is 0 Å². The highest BCUT2D eigenvalue weighted by Gasteiger charge is 2.64. The molecule has 1 saturated heterocycles. The molecule has 2 heterocycles. The lowest BCUT2D eigenvalue weighted by molar-refractivity contribution is -0.225. The van der Waals surface area contributed by atoms with Gasteiger partial charge in [0, 0.05) is 42.5 Å². The lowest BCUT2D eigenvalue weighted by atomic mass is 9.48. The van der Waals surface area contributed by atoms with Crippen molar-refractivity contribution in [2.24, 2.45) is 23.5 Å². The molecule has 6 heteroatoms. The summed E-state index contributed by atoms with van der Waals surface area (Å²) in [5.41, 5.74) is 5.83. The molecule has 144 valence electrons. The summed E-state index contributed by atoms with van der Waals surface area (Å²) in [4.78, 5) is 18.2. The number of hydrogen-bond acceptors (Lipinski definition) is 4. The molecule has 5 fully saturated rings. The molecule has 4 saturated carbocycles. The molecular weight excluding hydrogens is 459 g/mol. The zero-order valence-electron chi connectivity index (χ0n) is 15.7. The predicted octanol–water partition coefficient (Wildman–Crippen LogP) is 4.02. The number of nitrogens with zero attached hydrogens (tertiary/aromatic N) is 1. The first-order valence-electron chi connectivity index (χ1n) is 9.65. The van der Waals surface area contributed by atoms with Crippen molar-refractivity contribution < 1.29 is 9.53 Å². The highest BCUT2D eigenvalue weighted by Crippen LogP contribution is 2.63. The zero-order chi connectivity index (χ0) is 18.5. The number of piperidine rings is 1. The first-order valence-corrected chi connectivity index (χ1v) is 12.6. The number of amides is 1. The van der Waals surface area contributed by atoms with E-state index in [4.69, 9.17) is 10.5 Å². The van der Waals surface area contributed by atoms with E-state index in [2.05, 4.69) is 33.6 Å². The van der Waals surface area contributed by atoms with Gasteiger partial charge in [-0.1, -0.05) is 29.0 Å². The third-order valence-corrected chi connectivity index (χ3v) is 8.68. The quantitative estimate of drug-likeness (QED) is 0.515. The number of hydrogen-bond donors (Lipinski definition) is 1. The first kappa shape index (κ1) is 19.2. The Morgan fingerprint density at radius 3 is 2.27 bits per heavy atom. The Hall–Kier alpha value is -0.180. The molecule has 4 bridgehead atoms. The number of halogens is 1. The average Bonchev–Trinajstić information content (AvgIpc) is 3.04. The van der Waals surface area contributed by atoms with Gasteiger partial charge in [0.2, 0.25) is 0 Å². The summed E-state index contributed by atoms with van der Waals surface area (Å²) in [6.07, 6.45) is 8.04. The van der Waals surface area contributed by atoms with E-state index in [1.165, 1.54) is 43.4 Å². The summed E-state index contributed by atoms with van der Waals surface area (Å²) in [6, 6.07) is 3.97. The summed E-state index contributed by atoms with van der Waals surface area (Å²) in [6.45, 7) is 2.31. The molecule has 0 radical (unpaired) electrons. The standard InChI is InChI=1S/C19H26N2O2S.CH3I/c1-23-19(16-6-5-15(24-16)17(20)22)13-3-2-4-14(19)11-21(10-13)18-7-12(8-18)9-18;1-2/h5-6,12-14H,2-4,7-11H2,1H3,(H2,20,22);1H3. The molecule has 1 amide bonds. The van der Waals surface area contributed by atoms with Crippen LogP contribution in [0.1, 0.15) is 53.1 Å². The number of ether oxygens (including phenoxy) is 1. The molecule has 2 N–H and O–H groups in total. The van der Waals surface area contributed by atoms with E-state index in [0.717, 1.165) is 19.0 Å². The second-order valence-corrected chi connectivity index (χ2v) is 9.54. The average molecular weight is 488 g/mol. The van der Waals surface area contributed by atoms with Crippen LogP contribution in [0.3, 0.4) is 0 Å². The van der Waals surface area contributed by atoms with Crippen LogP contribution in [0.15, 0.2) is 12.1 Å². The smallest absolute Gasteiger partial charge is 0.258 e. The number of alkyl halides is 1. The van der Waals surface area contributed by atoms with Crippen molar-refractivity contribution in [3.63, 3.8) is 0 Å². The fourth-order valence-corrected chi connectivity index (χ4v) is 7.34. The Morgan fingerprint density at radius 2 is 1.85 bits per heavy atom. The number of fused-ring (bicyclic) bond motifs is 2. The number of methoxy groups -OCH3 is 1. The molecular formula is C20H29IN2O2S. The van der Waals surface area contributed by atoms with Gasteiger partial charge in [0.1, 0.15) is 5.60 Å². The van der Waals surface area contributed by atoms with Crippen molar-refractivity contribution in [2.45, 2.75) is 49.7 Å². The summed E-state index contributed by atoms with van der Waals surface area (Å²) >= 11 is 3.70. The van der Waals surface area contributed by atoms with Crippen molar-refractivity contribution in [3.05, 3.63) is 21.9 Å². The second-order valence-electron chi connectivity index (χ2n) is 8.46. The van der Waals surface area contributed by atoms with Crippen LogP contribution in [0.5, 0.6) is 0 Å². The molecule has 1 aromatic heterocycles. The minimum Gasteiger partial charge on any atom is -0.372 e. The van der Waals surface area contributed by atoms with Gasteiger partial charge in [0.05, 0.1) is 4.88 Å². The van der Waals surface area contributed by atoms with E-state index in [-0.39, 0.29) is 11.5 Å². The monoisotopic (exact) mass is 488 g/mol. The zero-order valence-corrected chi connectivity index (χ0v) is 18.6. The van der Waals surface area contributed by atoms with E-state index in [1.807, 2.05) is 18.1 Å². The third-order valence-electron chi connectivity index (χ3n) is 7.45. The largest absolute Gasteiger partial charge is 0.372 e. The fourth-order valence-electron chi connectivity index (χ4n) is 6.16. The summed E-state index contributed by atoms with van der Waals surface area (Å²) in [7, 11) is 1.87. The number of thiophene rings is 1. The maximum absolute atomic E-state index is 11.6. The SMILES string of the molecule is CI.COC1(c2ccc(C(N)=O)s2)C2CCCC1CN(C13CC(C1)C3)C2. The van der Waals surface area contributed by atoms with Crippen LogP contribution < -0.4 is 5.73 Å². The number of primary amides is 1. The molecule has 6 rings (SSSR count). The van der Waals surface area contributed by atoms with Gasteiger partial charge < -0.3 is 10.5 Å². The predicted molar refractivity (Wildman–Crippen MR) is 114 cm³/mol. The molecule has 4 nitrogen and oxygen atoms in total. The molecule has 1 aliphatic heterocycles. The maximum atomic E-state index is 11.6. The van der Waals surface area contributed by atoms with Gasteiger partial charge in [-0.2, -0.15) is 0 Å². The fraction of sp³-hybridized carbons (Fsp3) is 0.750. The van der Waals surface area contributed by atoms with E-state index < -0.39 is 0 Å². The number of likely N-dealkylation sites (tertiary alicyclic amines) is 1. The lowest BCUT2D eigenvalue weighted by Crippen LogP contribution is -2.73.